The largest absolute Gasteiger partial charge is 0.354 e. The summed E-state index contributed by atoms with van der Waals surface area (Å²) in [6.07, 6.45) is 4.88. The number of piperidine rings is 1. The highest BCUT2D eigenvalue weighted by atomic mass is 35.5. The average molecular weight is 409 g/mol. The van der Waals surface area contributed by atoms with Crippen LogP contribution in [0.3, 0.4) is 0 Å². The second kappa shape index (κ2) is 7.99. The molecule has 5 nitrogen and oxygen atoms in total. The van der Waals surface area contributed by atoms with Gasteiger partial charge in [-0.15, -0.1) is 0 Å². The quantitative estimate of drug-likeness (QED) is 0.607. The zero-order valence-corrected chi connectivity index (χ0v) is 17.8. The van der Waals surface area contributed by atoms with E-state index in [-0.39, 0.29) is 11.9 Å². The van der Waals surface area contributed by atoms with E-state index in [0.29, 0.717) is 16.2 Å². The van der Waals surface area contributed by atoms with Crippen LogP contribution in [0.25, 0.3) is 11.0 Å². The van der Waals surface area contributed by atoms with E-state index in [1.807, 2.05) is 49.1 Å². The summed E-state index contributed by atoms with van der Waals surface area (Å²) in [5.74, 6) is 0.00730. The van der Waals surface area contributed by atoms with Crippen molar-refractivity contribution >= 4 is 39.9 Å². The lowest BCUT2D eigenvalue weighted by atomic mass is 10.0. The Kier molecular flexibility index (Phi) is 5.41. The van der Waals surface area contributed by atoms with Gasteiger partial charge in [0.2, 0.25) is 0 Å². The minimum Gasteiger partial charge on any atom is -0.354 e. The number of aromatic nitrogens is 2. The van der Waals surface area contributed by atoms with Gasteiger partial charge in [-0.05, 0) is 69.9 Å². The lowest BCUT2D eigenvalue weighted by Crippen LogP contribution is -2.42. The molecule has 29 heavy (non-hydrogen) atoms. The molecule has 0 radical (unpaired) electrons. The Hall–Kier alpha value is -2.66. The molecule has 1 aromatic carbocycles. The van der Waals surface area contributed by atoms with E-state index in [2.05, 4.69) is 22.2 Å². The van der Waals surface area contributed by atoms with E-state index in [1.54, 1.807) is 6.20 Å². The molecule has 0 aliphatic carbocycles. The molecule has 0 saturated carbocycles. The minimum atomic E-state index is 0.00730. The van der Waals surface area contributed by atoms with E-state index < -0.39 is 0 Å². The average Bonchev–Trinajstić information content (AvgIpc) is 2.70. The summed E-state index contributed by atoms with van der Waals surface area (Å²) in [6.45, 7) is 6.79. The number of hydrogen-bond acceptors (Lipinski definition) is 4. The summed E-state index contributed by atoms with van der Waals surface area (Å²) in [5, 5.41) is 4.93. The van der Waals surface area contributed by atoms with Gasteiger partial charge in [0.25, 0.3) is 5.91 Å². The van der Waals surface area contributed by atoms with E-state index in [0.717, 1.165) is 53.8 Å². The molecule has 1 atom stereocenters. The fraction of sp³-hybridized carbons (Fsp3) is 0.348. The molecule has 150 valence electrons. The number of carbonyl (C=O) groups excluding carboxylic acids is 1. The number of nitrogens with one attached hydrogen (secondary N) is 1. The van der Waals surface area contributed by atoms with Crippen molar-refractivity contribution in [3.05, 3.63) is 58.4 Å². The van der Waals surface area contributed by atoms with E-state index in [1.165, 1.54) is 0 Å². The number of carbonyl (C=O) groups is 1. The maximum atomic E-state index is 13.5. The van der Waals surface area contributed by atoms with Gasteiger partial charge in [0.05, 0.1) is 11.3 Å². The number of fused-ring (bicyclic) bond motifs is 1. The molecule has 1 aliphatic heterocycles. The lowest BCUT2D eigenvalue weighted by Gasteiger charge is -2.34. The van der Waals surface area contributed by atoms with Crippen molar-refractivity contribution < 1.29 is 4.79 Å². The van der Waals surface area contributed by atoms with Gasteiger partial charge in [-0.1, -0.05) is 17.7 Å². The normalized spacial score (nSPS) is 16.8. The maximum Gasteiger partial charge on any atom is 0.257 e. The molecular weight excluding hydrogens is 384 g/mol. The molecule has 0 unspecified atom stereocenters. The second-order valence-corrected chi connectivity index (χ2v) is 8.21. The first kappa shape index (κ1) is 19.6. The monoisotopic (exact) mass is 408 g/mol. The molecule has 0 spiro atoms. The Bertz CT molecular complexity index is 1080. The summed E-state index contributed by atoms with van der Waals surface area (Å²) in [4.78, 5) is 24.4. The number of benzene rings is 1. The van der Waals surface area contributed by atoms with Crippen LogP contribution in [0.15, 0.2) is 36.5 Å². The zero-order valence-electron chi connectivity index (χ0n) is 17.0. The summed E-state index contributed by atoms with van der Waals surface area (Å²) >= 11 is 6.32. The van der Waals surface area contributed by atoms with Gasteiger partial charge in [0, 0.05) is 40.6 Å². The third-order valence-corrected chi connectivity index (χ3v) is 6.01. The summed E-state index contributed by atoms with van der Waals surface area (Å²) in [7, 11) is 0. The minimum absolute atomic E-state index is 0.00730. The molecule has 1 fully saturated rings. The Morgan fingerprint density at radius 3 is 2.79 bits per heavy atom. The Labute approximate surface area is 176 Å². The molecule has 3 aromatic rings. The highest BCUT2D eigenvalue weighted by Gasteiger charge is 2.27. The Balaban J connectivity index is 1.82. The molecule has 2 aromatic heterocycles. The SMILES string of the molecule is Cc1ccc2c(Nc3ccc(C)c(Cl)c3)c(C(=O)N3CCCC[C@H]3C)cnc2n1. The van der Waals surface area contributed by atoms with E-state index >= 15 is 0 Å². The number of aryl methyl sites for hydroxylation is 2. The number of anilines is 2. The van der Waals surface area contributed by atoms with Gasteiger partial charge in [0.1, 0.15) is 0 Å². The number of rotatable bonds is 3. The van der Waals surface area contributed by atoms with Crippen molar-refractivity contribution in [1.82, 2.24) is 14.9 Å². The summed E-state index contributed by atoms with van der Waals surface area (Å²) in [6, 6.07) is 9.94. The molecule has 6 heteroatoms. The molecule has 1 amide bonds. The van der Waals surface area contributed by atoms with Crippen LogP contribution in [0.2, 0.25) is 5.02 Å². The predicted molar refractivity (Wildman–Crippen MR) is 118 cm³/mol. The molecule has 1 N–H and O–H groups in total. The van der Waals surface area contributed by atoms with Gasteiger partial charge in [0.15, 0.2) is 5.65 Å². The van der Waals surface area contributed by atoms with Crippen LogP contribution in [0.4, 0.5) is 11.4 Å². The first-order valence-electron chi connectivity index (χ1n) is 10.0. The third kappa shape index (κ3) is 3.92. The van der Waals surface area contributed by atoms with Crippen molar-refractivity contribution in [2.24, 2.45) is 0 Å². The number of amides is 1. The standard InChI is InChI=1S/C23H25ClN4O/c1-14-7-9-17(12-20(14)24)27-21-18-10-8-15(2)26-22(18)25-13-19(21)23(29)28-11-5-4-6-16(28)3/h7-10,12-13,16H,4-6,11H2,1-3H3,(H,25,26,27)/t16-/m1/s1. The predicted octanol–water partition coefficient (Wildman–Crippen LogP) is 5.66. The van der Waals surface area contributed by atoms with Crippen LogP contribution in [0.1, 0.15) is 47.8 Å². The van der Waals surface area contributed by atoms with Crippen LogP contribution in [-0.2, 0) is 0 Å². The molecule has 3 heterocycles. The number of nitrogens with zero attached hydrogens (tertiary/aromatic N) is 3. The summed E-state index contributed by atoms with van der Waals surface area (Å²) < 4.78 is 0. The van der Waals surface area contributed by atoms with E-state index in [4.69, 9.17) is 11.6 Å². The van der Waals surface area contributed by atoms with Crippen LogP contribution < -0.4 is 5.32 Å². The number of likely N-dealkylation sites (tertiary alicyclic amines) is 1. The molecule has 4 rings (SSSR count). The van der Waals surface area contributed by atoms with Crippen molar-refractivity contribution in [3.63, 3.8) is 0 Å². The van der Waals surface area contributed by atoms with Crippen molar-refractivity contribution in [1.29, 1.82) is 0 Å². The van der Waals surface area contributed by atoms with Crippen molar-refractivity contribution in [2.45, 2.75) is 46.1 Å². The van der Waals surface area contributed by atoms with Crippen LogP contribution in [0.5, 0.6) is 0 Å². The number of hydrogen-bond donors (Lipinski definition) is 1. The summed E-state index contributed by atoms with van der Waals surface area (Å²) in [5.41, 5.74) is 4.63. The Morgan fingerprint density at radius 1 is 1.21 bits per heavy atom. The van der Waals surface area contributed by atoms with Crippen molar-refractivity contribution in [3.8, 4) is 0 Å². The molecule has 0 bridgehead atoms. The number of pyridine rings is 2. The first-order chi connectivity index (χ1) is 13.9. The highest BCUT2D eigenvalue weighted by Crippen LogP contribution is 2.32. The first-order valence-corrected chi connectivity index (χ1v) is 10.4. The van der Waals surface area contributed by atoms with Crippen LogP contribution in [-0.4, -0.2) is 33.4 Å². The second-order valence-electron chi connectivity index (χ2n) is 7.80. The van der Waals surface area contributed by atoms with Gasteiger partial charge in [-0.2, -0.15) is 0 Å². The van der Waals surface area contributed by atoms with E-state index in [9.17, 15) is 4.79 Å². The van der Waals surface area contributed by atoms with Gasteiger partial charge in [-0.25, -0.2) is 9.97 Å². The van der Waals surface area contributed by atoms with Gasteiger partial charge >= 0.3 is 0 Å². The zero-order chi connectivity index (χ0) is 20.5. The topological polar surface area (TPSA) is 58.1 Å². The number of halogens is 1. The van der Waals surface area contributed by atoms with Crippen molar-refractivity contribution in [2.75, 3.05) is 11.9 Å². The fourth-order valence-corrected chi connectivity index (χ4v) is 4.02. The van der Waals surface area contributed by atoms with Gasteiger partial charge < -0.3 is 10.2 Å². The van der Waals surface area contributed by atoms with Gasteiger partial charge in [-0.3, -0.25) is 4.79 Å². The molecule has 1 saturated heterocycles. The lowest BCUT2D eigenvalue weighted by molar-refractivity contribution is 0.0636. The van der Waals surface area contributed by atoms with Crippen LogP contribution >= 0.6 is 11.6 Å². The molecule has 1 aliphatic rings. The fourth-order valence-electron chi connectivity index (χ4n) is 3.84. The smallest absolute Gasteiger partial charge is 0.257 e. The third-order valence-electron chi connectivity index (χ3n) is 5.60. The van der Waals surface area contributed by atoms with Crippen LogP contribution in [0, 0.1) is 13.8 Å². The molecular formula is C23H25ClN4O. The maximum absolute atomic E-state index is 13.5. The highest BCUT2D eigenvalue weighted by molar-refractivity contribution is 6.31. The Morgan fingerprint density at radius 2 is 2.03 bits per heavy atom.